The van der Waals surface area contributed by atoms with Crippen molar-refractivity contribution in [3.63, 3.8) is 0 Å². The van der Waals surface area contributed by atoms with E-state index in [-0.39, 0.29) is 18.2 Å². The molecular formula is C22H30N4O4. The van der Waals surface area contributed by atoms with Crippen LogP contribution in [0.25, 0.3) is 6.08 Å². The molecule has 8 nitrogen and oxygen atoms in total. The van der Waals surface area contributed by atoms with Crippen molar-refractivity contribution in [1.29, 1.82) is 0 Å². The molecule has 1 fully saturated rings. The van der Waals surface area contributed by atoms with Gasteiger partial charge in [0.05, 0.1) is 6.54 Å². The van der Waals surface area contributed by atoms with Crippen LogP contribution in [0.15, 0.2) is 36.0 Å². The smallest absolute Gasteiger partial charge is 0.268 e. The fourth-order valence-corrected chi connectivity index (χ4v) is 3.12. The zero-order valence-corrected chi connectivity index (χ0v) is 18.1. The highest BCUT2D eigenvalue weighted by atomic mass is 16.2. The van der Waals surface area contributed by atoms with E-state index in [0.29, 0.717) is 6.42 Å². The molecule has 2 atom stereocenters. The van der Waals surface area contributed by atoms with Crippen molar-refractivity contribution in [1.82, 2.24) is 20.4 Å². The number of amides is 4. The first-order valence-corrected chi connectivity index (χ1v) is 10.00. The summed E-state index contributed by atoms with van der Waals surface area (Å²) in [6.45, 7) is 5.20. The molecule has 30 heavy (non-hydrogen) atoms. The van der Waals surface area contributed by atoms with Crippen molar-refractivity contribution >= 4 is 29.7 Å². The molecule has 1 aliphatic rings. The Balaban J connectivity index is 2.49. The lowest BCUT2D eigenvalue weighted by atomic mass is 10.0. The second-order valence-electron chi connectivity index (χ2n) is 7.89. The van der Waals surface area contributed by atoms with E-state index in [2.05, 4.69) is 10.6 Å². The van der Waals surface area contributed by atoms with E-state index >= 15 is 0 Å². The minimum Gasteiger partial charge on any atom is -0.342 e. The van der Waals surface area contributed by atoms with Gasteiger partial charge in [-0.3, -0.25) is 19.2 Å². The van der Waals surface area contributed by atoms with Gasteiger partial charge in [0.15, 0.2) is 0 Å². The number of carbonyl (C=O) groups excluding carboxylic acids is 4. The molecule has 0 bridgehead atoms. The van der Waals surface area contributed by atoms with Crippen molar-refractivity contribution in [3.8, 4) is 0 Å². The van der Waals surface area contributed by atoms with Gasteiger partial charge < -0.3 is 20.4 Å². The van der Waals surface area contributed by atoms with Crippen LogP contribution in [0.3, 0.4) is 0 Å². The molecule has 0 spiro atoms. The fourth-order valence-electron chi connectivity index (χ4n) is 3.12. The number of likely N-dealkylation sites (N-methyl/N-ethyl adjacent to an activating group) is 2. The Labute approximate surface area is 177 Å². The van der Waals surface area contributed by atoms with Gasteiger partial charge in [-0.2, -0.15) is 0 Å². The van der Waals surface area contributed by atoms with Gasteiger partial charge in [0.25, 0.3) is 5.91 Å². The summed E-state index contributed by atoms with van der Waals surface area (Å²) in [5.74, 6) is -1.63. The first-order chi connectivity index (χ1) is 14.1. The number of nitrogens with one attached hydrogen (secondary N) is 2. The normalized spacial score (nSPS) is 23.2. The lowest BCUT2D eigenvalue weighted by Gasteiger charge is -2.31. The summed E-state index contributed by atoms with van der Waals surface area (Å²) in [6, 6.07) is 7.51. The molecule has 1 aromatic carbocycles. The van der Waals surface area contributed by atoms with Crippen molar-refractivity contribution in [2.45, 2.75) is 39.3 Å². The summed E-state index contributed by atoms with van der Waals surface area (Å²) in [7, 11) is 3.00. The molecule has 2 rings (SSSR count). The Hall–Kier alpha value is -3.16. The van der Waals surface area contributed by atoms with Gasteiger partial charge in [-0.25, -0.2) is 0 Å². The second kappa shape index (κ2) is 10.0. The summed E-state index contributed by atoms with van der Waals surface area (Å²) in [5, 5.41) is 5.33. The van der Waals surface area contributed by atoms with Crippen LogP contribution < -0.4 is 10.6 Å². The van der Waals surface area contributed by atoms with Crippen LogP contribution in [0.4, 0.5) is 0 Å². The van der Waals surface area contributed by atoms with E-state index < -0.39 is 35.7 Å². The molecule has 1 aromatic rings. The Morgan fingerprint density at radius 1 is 1.10 bits per heavy atom. The van der Waals surface area contributed by atoms with Crippen molar-refractivity contribution in [2.75, 3.05) is 20.6 Å². The topological polar surface area (TPSA) is 98.8 Å². The van der Waals surface area contributed by atoms with Crippen molar-refractivity contribution < 1.29 is 19.2 Å². The van der Waals surface area contributed by atoms with Crippen molar-refractivity contribution in [3.05, 3.63) is 41.6 Å². The summed E-state index contributed by atoms with van der Waals surface area (Å²) in [4.78, 5) is 53.8. The minimum atomic E-state index is -0.820. The number of carbonyl (C=O) groups is 4. The van der Waals surface area contributed by atoms with Gasteiger partial charge in [-0.05, 0) is 30.9 Å². The molecule has 2 N–H and O–H groups in total. The number of hydrogen-bond donors (Lipinski definition) is 2. The highest BCUT2D eigenvalue weighted by molar-refractivity contribution is 6.04. The number of nitrogens with zero attached hydrogens (tertiary/aromatic N) is 2. The first-order valence-electron chi connectivity index (χ1n) is 10.00. The average molecular weight is 415 g/mol. The number of rotatable bonds is 3. The standard InChI is InChI=1S/C22H30N4O4/c1-14(2)11-17-22(30)26(5)18(12-16-9-7-6-8-10-16)21(29)23-13-19(27)25(4)15(3)20(28)24-17/h6-10,12,14-15,17H,11,13H2,1-5H3,(H,23,29)(H,24,28). The molecule has 0 saturated carbocycles. The quantitative estimate of drug-likeness (QED) is 0.721. The molecule has 4 amide bonds. The van der Waals surface area contributed by atoms with Crippen LogP contribution in [-0.2, 0) is 19.2 Å². The van der Waals surface area contributed by atoms with Crippen LogP contribution in [-0.4, -0.2) is 66.2 Å². The van der Waals surface area contributed by atoms with Gasteiger partial charge in [-0.15, -0.1) is 0 Å². The van der Waals surface area contributed by atoms with E-state index in [1.807, 2.05) is 44.2 Å². The van der Waals surface area contributed by atoms with Gasteiger partial charge in [0.1, 0.15) is 17.8 Å². The average Bonchev–Trinajstić information content (AvgIpc) is 2.72. The Morgan fingerprint density at radius 3 is 2.33 bits per heavy atom. The summed E-state index contributed by atoms with van der Waals surface area (Å²) < 4.78 is 0. The van der Waals surface area contributed by atoms with Crippen LogP contribution in [0, 0.1) is 5.92 Å². The molecule has 2 unspecified atom stereocenters. The Morgan fingerprint density at radius 2 is 1.73 bits per heavy atom. The van der Waals surface area contributed by atoms with E-state index in [4.69, 9.17) is 0 Å². The summed E-state index contributed by atoms with van der Waals surface area (Å²) in [6.07, 6.45) is 1.99. The lowest BCUT2D eigenvalue weighted by Crippen LogP contribution is -2.56. The first kappa shape index (κ1) is 23.1. The third kappa shape index (κ3) is 5.68. The highest BCUT2D eigenvalue weighted by Crippen LogP contribution is 2.15. The predicted octanol–water partition coefficient (Wildman–Crippen LogP) is 0.994. The number of hydrogen-bond acceptors (Lipinski definition) is 4. The van der Waals surface area contributed by atoms with Crippen molar-refractivity contribution in [2.24, 2.45) is 5.92 Å². The Bertz CT molecular complexity index is 835. The van der Waals surface area contributed by atoms with Gasteiger partial charge in [0, 0.05) is 14.1 Å². The Kier molecular flexibility index (Phi) is 7.74. The van der Waals surface area contributed by atoms with Gasteiger partial charge >= 0.3 is 0 Å². The largest absolute Gasteiger partial charge is 0.342 e. The van der Waals surface area contributed by atoms with E-state index in [1.165, 1.54) is 23.9 Å². The highest BCUT2D eigenvalue weighted by Gasteiger charge is 2.32. The fraction of sp³-hybridized carbons (Fsp3) is 0.455. The molecule has 1 saturated heterocycles. The SMILES string of the molecule is CC(C)CC1NC(=O)C(C)N(C)C(=O)CNC(=O)C(=Cc2ccccc2)N(C)C1=O. The van der Waals surface area contributed by atoms with Crippen LogP contribution >= 0.6 is 0 Å². The molecule has 1 aliphatic heterocycles. The molecule has 1 heterocycles. The minimum absolute atomic E-state index is 0.0956. The van der Waals surface area contributed by atoms with Gasteiger partial charge in [-0.1, -0.05) is 44.2 Å². The zero-order chi connectivity index (χ0) is 22.4. The monoisotopic (exact) mass is 414 g/mol. The maximum Gasteiger partial charge on any atom is 0.268 e. The molecule has 0 aromatic heterocycles. The zero-order valence-electron chi connectivity index (χ0n) is 18.1. The maximum absolute atomic E-state index is 13.3. The van der Waals surface area contributed by atoms with E-state index in [9.17, 15) is 19.2 Å². The second-order valence-corrected chi connectivity index (χ2v) is 7.89. The predicted molar refractivity (Wildman–Crippen MR) is 114 cm³/mol. The summed E-state index contributed by atoms with van der Waals surface area (Å²) >= 11 is 0. The summed E-state index contributed by atoms with van der Waals surface area (Å²) in [5.41, 5.74) is 0.828. The molecule has 8 heteroatoms. The van der Waals surface area contributed by atoms with E-state index in [0.717, 1.165) is 5.56 Å². The van der Waals surface area contributed by atoms with E-state index in [1.54, 1.807) is 13.0 Å². The lowest BCUT2D eigenvalue weighted by molar-refractivity contribution is -0.142. The third-order valence-electron chi connectivity index (χ3n) is 5.10. The molecular weight excluding hydrogens is 384 g/mol. The molecule has 0 aliphatic carbocycles. The third-order valence-corrected chi connectivity index (χ3v) is 5.10. The van der Waals surface area contributed by atoms with Gasteiger partial charge in [0.2, 0.25) is 17.7 Å². The van der Waals surface area contributed by atoms with Crippen LogP contribution in [0.2, 0.25) is 0 Å². The number of benzene rings is 1. The van der Waals surface area contributed by atoms with Crippen LogP contribution in [0.5, 0.6) is 0 Å². The molecule has 0 radical (unpaired) electrons. The van der Waals surface area contributed by atoms with Crippen LogP contribution in [0.1, 0.15) is 32.8 Å². The maximum atomic E-state index is 13.3. The molecule has 162 valence electrons.